The van der Waals surface area contributed by atoms with Crippen LogP contribution in [-0.2, 0) is 11.2 Å². The Bertz CT molecular complexity index is 711. The summed E-state index contributed by atoms with van der Waals surface area (Å²) in [5.74, 6) is 0.114. The lowest BCUT2D eigenvalue weighted by atomic mass is 10.2. The molecule has 0 radical (unpaired) electrons. The van der Waals surface area contributed by atoms with Crippen LogP contribution in [-0.4, -0.2) is 42.0 Å². The van der Waals surface area contributed by atoms with Crippen LogP contribution < -0.4 is 4.90 Å². The lowest BCUT2D eigenvalue weighted by Gasteiger charge is -2.36. The number of anilines is 1. The Kier molecular flexibility index (Phi) is 5.09. The molecule has 2 heterocycles. The van der Waals surface area contributed by atoms with E-state index in [0.717, 1.165) is 47.5 Å². The highest BCUT2D eigenvalue weighted by Gasteiger charge is 2.22. The number of hydrogen-bond donors (Lipinski definition) is 0. The van der Waals surface area contributed by atoms with Crippen molar-refractivity contribution in [1.82, 2.24) is 9.88 Å². The Hall–Kier alpha value is -1.30. The monoisotopic (exact) mass is 369 g/mol. The zero-order chi connectivity index (χ0) is 16.4. The van der Waals surface area contributed by atoms with Crippen molar-refractivity contribution < 1.29 is 4.79 Å². The van der Waals surface area contributed by atoms with Crippen LogP contribution >= 0.6 is 34.5 Å². The Labute approximate surface area is 149 Å². The smallest absolute Gasteiger partial charge is 0.229 e. The van der Waals surface area contributed by atoms with E-state index in [9.17, 15) is 4.79 Å². The highest BCUT2D eigenvalue weighted by Crippen LogP contribution is 2.24. The van der Waals surface area contributed by atoms with E-state index in [2.05, 4.69) is 16.0 Å². The van der Waals surface area contributed by atoms with Crippen molar-refractivity contribution in [2.24, 2.45) is 0 Å². The number of halogens is 2. The zero-order valence-corrected chi connectivity index (χ0v) is 15.1. The molecule has 0 unspecified atom stereocenters. The molecular weight excluding hydrogens is 353 g/mol. The molecule has 0 saturated carbocycles. The molecule has 4 nitrogen and oxygen atoms in total. The maximum Gasteiger partial charge on any atom is 0.229 e. The summed E-state index contributed by atoms with van der Waals surface area (Å²) in [5, 5.41) is 1.56. The molecule has 0 atom stereocenters. The van der Waals surface area contributed by atoms with Crippen LogP contribution in [0.1, 0.15) is 10.6 Å². The van der Waals surface area contributed by atoms with Gasteiger partial charge in [-0.15, -0.1) is 11.3 Å². The van der Waals surface area contributed by atoms with Gasteiger partial charge in [0, 0.05) is 36.9 Å². The third-order valence-electron chi connectivity index (χ3n) is 3.97. The number of benzene rings is 1. The first-order chi connectivity index (χ1) is 11.0. The van der Waals surface area contributed by atoms with Gasteiger partial charge in [0.25, 0.3) is 0 Å². The Morgan fingerprint density at radius 3 is 2.61 bits per heavy atom. The summed E-state index contributed by atoms with van der Waals surface area (Å²) < 4.78 is 0.621. The fourth-order valence-electron chi connectivity index (χ4n) is 2.65. The van der Waals surface area contributed by atoms with Crippen LogP contribution in [0.15, 0.2) is 24.4 Å². The van der Waals surface area contributed by atoms with Gasteiger partial charge in [-0.2, -0.15) is 0 Å². The van der Waals surface area contributed by atoms with E-state index < -0.39 is 0 Å². The van der Waals surface area contributed by atoms with Crippen molar-refractivity contribution >= 4 is 46.1 Å². The van der Waals surface area contributed by atoms with Crippen LogP contribution in [0.25, 0.3) is 0 Å². The third-order valence-corrected chi connectivity index (χ3v) is 5.51. The minimum Gasteiger partial charge on any atom is -0.368 e. The summed E-state index contributed by atoms with van der Waals surface area (Å²) >= 11 is 13.3. The molecule has 0 N–H and O–H groups in total. The third kappa shape index (κ3) is 3.97. The number of hydrogen-bond acceptors (Lipinski definition) is 4. The van der Waals surface area contributed by atoms with E-state index >= 15 is 0 Å². The Morgan fingerprint density at radius 1 is 1.26 bits per heavy atom. The number of thiazole rings is 1. The van der Waals surface area contributed by atoms with Gasteiger partial charge in [-0.05, 0) is 30.7 Å². The van der Waals surface area contributed by atoms with Crippen molar-refractivity contribution in [3.05, 3.63) is 44.3 Å². The Morgan fingerprint density at radius 2 is 2.00 bits per heavy atom. The summed E-state index contributed by atoms with van der Waals surface area (Å²) in [6.07, 6.45) is 1.92. The van der Waals surface area contributed by atoms with Crippen LogP contribution in [0.2, 0.25) is 9.36 Å². The maximum atomic E-state index is 12.3. The molecule has 1 saturated heterocycles. The second-order valence-electron chi connectivity index (χ2n) is 5.54. The molecule has 7 heteroatoms. The van der Waals surface area contributed by atoms with Crippen LogP contribution in [0.3, 0.4) is 0 Å². The highest BCUT2D eigenvalue weighted by molar-refractivity contribution is 7.15. The van der Waals surface area contributed by atoms with Gasteiger partial charge < -0.3 is 9.80 Å². The number of nitrogens with zero attached hydrogens (tertiary/aromatic N) is 3. The highest BCUT2D eigenvalue weighted by atomic mass is 35.5. The summed E-state index contributed by atoms with van der Waals surface area (Å²) in [5.41, 5.74) is 2.23. The van der Waals surface area contributed by atoms with Gasteiger partial charge in [-0.1, -0.05) is 23.2 Å². The molecule has 1 amide bonds. The Balaban J connectivity index is 1.57. The van der Waals surface area contributed by atoms with Gasteiger partial charge in [-0.25, -0.2) is 4.98 Å². The molecule has 1 aromatic heterocycles. The first-order valence-electron chi connectivity index (χ1n) is 7.42. The van der Waals surface area contributed by atoms with E-state index in [4.69, 9.17) is 23.2 Å². The SMILES string of the molecule is Cc1cc(N2CCN(C(=O)Cc3ncc(Cl)s3)CC2)ccc1Cl. The largest absolute Gasteiger partial charge is 0.368 e. The minimum absolute atomic E-state index is 0.114. The molecule has 2 aromatic rings. The van der Waals surface area contributed by atoms with Gasteiger partial charge in [0.05, 0.1) is 12.6 Å². The molecule has 1 aliphatic rings. The van der Waals surface area contributed by atoms with E-state index in [1.807, 2.05) is 24.0 Å². The maximum absolute atomic E-state index is 12.3. The lowest BCUT2D eigenvalue weighted by Crippen LogP contribution is -2.49. The molecule has 1 fully saturated rings. The average molecular weight is 370 g/mol. The van der Waals surface area contributed by atoms with Crippen molar-refractivity contribution in [3.63, 3.8) is 0 Å². The molecule has 1 aromatic carbocycles. The van der Waals surface area contributed by atoms with E-state index in [0.29, 0.717) is 10.8 Å². The average Bonchev–Trinajstić information content (AvgIpc) is 2.95. The topological polar surface area (TPSA) is 36.4 Å². The molecule has 1 aliphatic heterocycles. The number of carbonyl (C=O) groups is 1. The number of aromatic nitrogens is 1. The fraction of sp³-hybridized carbons (Fsp3) is 0.375. The van der Waals surface area contributed by atoms with Gasteiger partial charge in [0.15, 0.2) is 0 Å². The zero-order valence-electron chi connectivity index (χ0n) is 12.8. The van der Waals surface area contributed by atoms with Crippen LogP contribution in [0.4, 0.5) is 5.69 Å². The van der Waals surface area contributed by atoms with E-state index in [1.54, 1.807) is 6.20 Å². The number of piperazine rings is 1. The van der Waals surface area contributed by atoms with Crippen LogP contribution in [0.5, 0.6) is 0 Å². The van der Waals surface area contributed by atoms with Gasteiger partial charge in [0.1, 0.15) is 9.34 Å². The lowest BCUT2D eigenvalue weighted by molar-refractivity contribution is -0.130. The number of aryl methyl sites for hydroxylation is 1. The number of amides is 1. The second-order valence-corrected chi connectivity index (χ2v) is 7.69. The van der Waals surface area contributed by atoms with Crippen molar-refractivity contribution in [3.8, 4) is 0 Å². The first-order valence-corrected chi connectivity index (χ1v) is 8.99. The van der Waals surface area contributed by atoms with Crippen molar-refractivity contribution in [2.75, 3.05) is 31.1 Å². The number of rotatable bonds is 3. The van der Waals surface area contributed by atoms with Gasteiger partial charge in [-0.3, -0.25) is 4.79 Å². The van der Waals surface area contributed by atoms with E-state index in [1.165, 1.54) is 11.3 Å². The number of carbonyl (C=O) groups excluding carboxylic acids is 1. The van der Waals surface area contributed by atoms with Gasteiger partial charge >= 0.3 is 0 Å². The molecule has 122 valence electrons. The van der Waals surface area contributed by atoms with Crippen molar-refractivity contribution in [2.45, 2.75) is 13.3 Å². The quantitative estimate of drug-likeness (QED) is 0.828. The molecule has 0 bridgehead atoms. The minimum atomic E-state index is 0.114. The van der Waals surface area contributed by atoms with Crippen molar-refractivity contribution in [1.29, 1.82) is 0 Å². The standard InChI is InChI=1S/C16H17Cl2N3OS/c1-11-8-12(2-3-13(11)17)20-4-6-21(7-5-20)16(22)9-15-19-10-14(18)23-15/h2-3,8,10H,4-7,9H2,1H3. The van der Waals surface area contributed by atoms with E-state index in [-0.39, 0.29) is 5.91 Å². The fourth-order valence-corrected chi connectivity index (χ4v) is 3.72. The molecular formula is C16H17Cl2N3OS. The molecule has 23 heavy (non-hydrogen) atoms. The first kappa shape index (κ1) is 16.6. The normalized spacial score (nSPS) is 15.1. The predicted octanol–water partition coefficient (Wildman–Crippen LogP) is 3.65. The summed E-state index contributed by atoms with van der Waals surface area (Å²) in [4.78, 5) is 20.7. The second kappa shape index (κ2) is 7.07. The molecule has 3 rings (SSSR count). The van der Waals surface area contributed by atoms with Crippen LogP contribution in [0, 0.1) is 6.92 Å². The molecule has 0 aliphatic carbocycles. The summed E-state index contributed by atoms with van der Waals surface area (Å²) in [6.45, 7) is 5.10. The summed E-state index contributed by atoms with van der Waals surface area (Å²) in [6, 6.07) is 6.05. The molecule has 0 spiro atoms. The predicted molar refractivity (Wildman–Crippen MR) is 95.8 cm³/mol. The summed E-state index contributed by atoms with van der Waals surface area (Å²) in [7, 11) is 0. The van der Waals surface area contributed by atoms with Gasteiger partial charge in [0.2, 0.25) is 5.91 Å².